The summed E-state index contributed by atoms with van der Waals surface area (Å²) < 4.78 is 5.29. The third-order valence-corrected chi connectivity index (χ3v) is 5.40. The largest absolute Gasteiger partial charge is 0.393 e. The number of hydrogen-bond donors (Lipinski definition) is 3. The molecule has 1 aromatic carbocycles. The van der Waals surface area contributed by atoms with Crippen LogP contribution in [0, 0.1) is 0 Å². The zero-order valence-electron chi connectivity index (χ0n) is 15.5. The molecule has 0 aromatic heterocycles. The Bertz CT molecular complexity index is 488. The van der Waals surface area contributed by atoms with Crippen molar-refractivity contribution in [2.45, 2.75) is 82.0 Å². The van der Waals surface area contributed by atoms with E-state index in [0.717, 1.165) is 19.3 Å². The zero-order valence-corrected chi connectivity index (χ0v) is 15.5. The summed E-state index contributed by atoms with van der Waals surface area (Å²) in [6.07, 6.45) is 8.57. The Morgan fingerprint density at radius 2 is 1.60 bits per heavy atom. The van der Waals surface area contributed by atoms with Crippen LogP contribution in [0.2, 0.25) is 0 Å². The van der Waals surface area contributed by atoms with E-state index in [1.807, 2.05) is 30.3 Å². The molecular weight excluding hydrogens is 316 g/mol. The van der Waals surface area contributed by atoms with Crippen molar-refractivity contribution in [1.29, 1.82) is 0 Å². The van der Waals surface area contributed by atoms with Gasteiger partial charge in [-0.3, -0.25) is 0 Å². The lowest BCUT2D eigenvalue weighted by Gasteiger charge is -2.43. The van der Waals surface area contributed by atoms with E-state index in [4.69, 9.17) is 4.74 Å². The van der Waals surface area contributed by atoms with Gasteiger partial charge in [0.2, 0.25) is 0 Å². The highest BCUT2D eigenvalue weighted by Gasteiger charge is 2.52. The molecule has 1 fully saturated rings. The maximum atomic E-state index is 11.4. The summed E-state index contributed by atoms with van der Waals surface area (Å²) in [5.41, 5.74) is -2.40. The van der Waals surface area contributed by atoms with Gasteiger partial charge in [-0.1, -0.05) is 82.2 Å². The van der Waals surface area contributed by atoms with E-state index in [2.05, 4.69) is 6.92 Å². The molecule has 4 nitrogen and oxygen atoms in total. The van der Waals surface area contributed by atoms with Crippen LogP contribution in [0.3, 0.4) is 0 Å². The summed E-state index contributed by atoms with van der Waals surface area (Å²) in [5, 5.41) is 32.5. The minimum Gasteiger partial charge on any atom is -0.393 e. The van der Waals surface area contributed by atoms with Crippen LogP contribution in [0.5, 0.6) is 0 Å². The van der Waals surface area contributed by atoms with Crippen molar-refractivity contribution in [1.82, 2.24) is 0 Å². The van der Waals surface area contributed by atoms with Crippen LogP contribution in [0.1, 0.15) is 70.3 Å². The molecule has 0 amide bonds. The summed E-state index contributed by atoms with van der Waals surface area (Å²) in [6, 6.07) is 9.20. The Balaban J connectivity index is 1.99. The molecule has 142 valence electrons. The SMILES string of the molecule is CCCCCCCCCC(O)(CO)C(O)(CC1CO1)c1ccccc1. The van der Waals surface area contributed by atoms with Crippen LogP contribution >= 0.6 is 0 Å². The highest BCUT2D eigenvalue weighted by Crippen LogP contribution is 2.42. The molecule has 0 radical (unpaired) electrons. The molecule has 1 aliphatic rings. The molecule has 3 N–H and O–H groups in total. The number of rotatable bonds is 13. The van der Waals surface area contributed by atoms with Gasteiger partial charge in [-0.2, -0.15) is 0 Å². The van der Waals surface area contributed by atoms with Gasteiger partial charge in [0.1, 0.15) is 11.2 Å². The van der Waals surface area contributed by atoms with Crippen molar-refractivity contribution in [3.05, 3.63) is 35.9 Å². The molecule has 25 heavy (non-hydrogen) atoms. The van der Waals surface area contributed by atoms with Crippen LogP contribution in [0.15, 0.2) is 30.3 Å². The fourth-order valence-corrected chi connectivity index (χ4v) is 3.60. The van der Waals surface area contributed by atoms with Gasteiger partial charge in [0.05, 0.1) is 19.3 Å². The van der Waals surface area contributed by atoms with E-state index in [9.17, 15) is 15.3 Å². The Morgan fingerprint density at radius 1 is 1.00 bits per heavy atom. The lowest BCUT2D eigenvalue weighted by molar-refractivity contribution is -0.188. The molecule has 2 rings (SSSR count). The number of aliphatic hydroxyl groups excluding tert-OH is 1. The van der Waals surface area contributed by atoms with Crippen molar-refractivity contribution in [2.75, 3.05) is 13.2 Å². The van der Waals surface area contributed by atoms with E-state index >= 15 is 0 Å². The van der Waals surface area contributed by atoms with Crippen molar-refractivity contribution in [3.8, 4) is 0 Å². The topological polar surface area (TPSA) is 73.2 Å². The first-order chi connectivity index (χ1) is 12.1. The Kier molecular flexibility index (Phi) is 7.88. The molecular formula is C21H34O4. The first-order valence-electron chi connectivity index (χ1n) is 9.78. The summed E-state index contributed by atoms with van der Waals surface area (Å²) >= 11 is 0. The minimum absolute atomic E-state index is 0.0441. The van der Waals surface area contributed by atoms with Crippen LogP contribution in [-0.2, 0) is 10.3 Å². The molecule has 0 saturated carbocycles. The molecule has 3 unspecified atom stereocenters. The lowest BCUT2D eigenvalue weighted by atomic mass is 9.72. The monoisotopic (exact) mass is 350 g/mol. The standard InChI is InChI=1S/C21H34O4/c1-2-3-4-5-6-7-11-14-20(23,17-22)21(24,15-19-16-25-19)18-12-9-8-10-13-18/h8-10,12-13,19,22-24H,2-7,11,14-17H2,1H3. The number of ether oxygens (including phenoxy) is 1. The molecule has 1 saturated heterocycles. The molecule has 0 bridgehead atoms. The van der Waals surface area contributed by atoms with Crippen molar-refractivity contribution in [2.24, 2.45) is 0 Å². The molecule has 0 spiro atoms. The number of benzene rings is 1. The van der Waals surface area contributed by atoms with Crippen molar-refractivity contribution in [3.63, 3.8) is 0 Å². The summed E-state index contributed by atoms with van der Waals surface area (Å²) in [5.74, 6) is 0. The van der Waals surface area contributed by atoms with Crippen molar-refractivity contribution >= 4 is 0 Å². The first kappa shape index (κ1) is 20.4. The van der Waals surface area contributed by atoms with Crippen LogP contribution in [0.4, 0.5) is 0 Å². The van der Waals surface area contributed by atoms with Gasteiger partial charge in [-0.15, -0.1) is 0 Å². The van der Waals surface area contributed by atoms with Gasteiger partial charge < -0.3 is 20.1 Å². The van der Waals surface area contributed by atoms with Crippen LogP contribution in [0.25, 0.3) is 0 Å². The van der Waals surface area contributed by atoms with E-state index in [-0.39, 0.29) is 6.10 Å². The average molecular weight is 350 g/mol. The average Bonchev–Trinajstić information content (AvgIpc) is 3.45. The van der Waals surface area contributed by atoms with Gasteiger partial charge in [-0.25, -0.2) is 0 Å². The van der Waals surface area contributed by atoms with Gasteiger partial charge in [0, 0.05) is 6.42 Å². The quantitative estimate of drug-likeness (QED) is 0.376. The fourth-order valence-electron chi connectivity index (χ4n) is 3.60. The third-order valence-electron chi connectivity index (χ3n) is 5.40. The maximum Gasteiger partial charge on any atom is 0.123 e. The fraction of sp³-hybridized carbons (Fsp3) is 0.714. The number of unbranched alkanes of at least 4 members (excludes halogenated alkanes) is 6. The molecule has 4 heteroatoms. The molecule has 3 atom stereocenters. The van der Waals surface area contributed by atoms with Crippen molar-refractivity contribution < 1.29 is 20.1 Å². The van der Waals surface area contributed by atoms with E-state index in [0.29, 0.717) is 25.0 Å². The highest BCUT2D eigenvalue weighted by atomic mass is 16.6. The lowest BCUT2D eigenvalue weighted by Crippen LogP contribution is -2.55. The first-order valence-corrected chi connectivity index (χ1v) is 9.78. The normalized spacial score (nSPS) is 21.5. The number of aliphatic hydroxyl groups is 3. The highest BCUT2D eigenvalue weighted by molar-refractivity contribution is 5.27. The Morgan fingerprint density at radius 3 is 2.16 bits per heavy atom. The number of hydrogen-bond acceptors (Lipinski definition) is 4. The smallest absolute Gasteiger partial charge is 0.123 e. The Hall–Kier alpha value is -0.940. The summed E-state index contributed by atoms with van der Waals surface area (Å²) in [6.45, 7) is 2.35. The van der Waals surface area contributed by atoms with E-state index in [1.54, 1.807) is 0 Å². The van der Waals surface area contributed by atoms with Crippen LogP contribution < -0.4 is 0 Å². The zero-order chi connectivity index (χ0) is 18.2. The summed E-state index contributed by atoms with van der Waals surface area (Å²) in [4.78, 5) is 0. The maximum absolute atomic E-state index is 11.4. The van der Waals surface area contributed by atoms with Crippen LogP contribution in [-0.4, -0.2) is 40.2 Å². The van der Waals surface area contributed by atoms with Gasteiger partial charge in [0.25, 0.3) is 0 Å². The Labute approximate surface area is 151 Å². The molecule has 0 aliphatic carbocycles. The summed E-state index contributed by atoms with van der Waals surface area (Å²) in [7, 11) is 0. The molecule has 1 heterocycles. The predicted octanol–water partition coefficient (Wildman–Crippen LogP) is 3.53. The van der Waals surface area contributed by atoms with E-state index in [1.165, 1.54) is 25.7 Å². The second kappa shape index (κ2) is 9.67. The van der Waals surface area contributed by atoms with E-state index < -0.39 is 17.8 Å². The second-order valence-corrected chi connectivity index (χ2v) is 7.45. The second-order valence-electron chi connectivity index (χ2n) is 7.45. The predicted molar refractivity (Wildman–Crippen MR) is 99.3 cm³/mol. The minimum atomic E-state index is -1.55. The van der Waals surface area contributed by atoms with Gasteiger partial charge in [0.15, 0.2) is 0 Å². The molecule has 1 aliphatic heterocycles. The third kappa shape index (κ3) is 5.52. The van der Waals surface area contributed by atoms with Gasteiger partial charge in [-0.05, 0) is 12.0 Å². The number of epoxide rings is 1. The molecule has 1 aromatic rings. The van der Waals surface area contributed by atoms with Gasteiger partial charge >= 0.3 is 0 Å².